The fourth-order valence-corrected chi connectivity index (χ4v) is 1.80. The van der Waals surface area contributed by atoms with Gasteiger partial charge in [-0.3, -0.25) is 4.79 Å². The Balaban J connectivity index is 2.99. The zero-order valence-electron chi connectivity index (χ0n) is 12.1. The van der Waals surface area contributed by atoms with Gasteiger partial charge in [-0.05, 0) is 31.5 Å². The lowest BCUT2D eigenvalue weighted by atomic mass is 10.1. The van der Waals surface area contributed by atoms with Crippen molar-refractivity contribution in [3.63, 3.8) is 0 Å². The molecule has 0 fully saturated rings. The topological polar surface area (TPSA) is 56.8 Å². The van der Waals surface area contributed by atoms with E-state index >= 15 is 0 Å². The summed E-state index contributed by atoms with van der Waals surface area (Å²) in [5.41, 5.74) is 0.813. The van der Waals surface area contributed by atoms with Crippen LogP contribution in [0, 0.1) is 0 Å². The fraction of sp³-hybridized carbons (Fsp3) is 0.500. The van der Waals surface area contributed by atoms with Crippen LogP contribution in [0.5, 0.6) is 17.2 Å². The molecule has 0 saturated carbocycles. The maximum Gasteiger partial charge on any atom is 0.224 e. The molecule has 19 heavy (non-hydrogen) atoms. The Morgan fingerprint density at radius 3 is 2.00 bits per heavy atom. The zero-order valence-corrected chi connectivity index (χ0v) is 12.1. The average Bonchev–Trinajstić information content (AvgIpc) is 2.36. The number of carbonyl (C=O) groups is 1. The summed E-state index contributed by atoms with van der Waals surface area (Å²) in [6.07, 6.45) is 0.273. The number of rotatable bonds is 6. The number of amides is 1. The van der Waals surface area contributed by atoms with Crippen LogP contribution in [-0.2, 0) is 11.2 Å². The Labute approximate surface area is 113 Å². The maximum atomic E-state index is 11.8. The van der Waals surface area contributed by atoms with E-state index in [9.17, 15) is 4.79 Å². The van der Waals surface area contributed by atoms with Crippen molar-refractivity contribution in [3.8, 4) is 17.2 Å². The minimum atomic E-state index is -0.0377. The Bertz CT molecular complexity index is 418. The van der Waals surface area contributed by atoms with E-state index < -0.39 is 0 Å². The quantitative estimate of drug-likeness (QED) is 0.853. The van der Waals surface area contributed by atoms with E-state index in [1.54, 1.807) is 33.5 Å². The Morgan fingerprint density at radius 2 is 1.63 bits per heavy atom. The first-order valence-electron chi connectivity index (χ1n) is 6.10. The summed E-state index contributed by atoms with van der Waals surface area (Å²) in [7, 11) is 4.65. The number of hydrogen-bond acceptors (Lipinski definition) is 4. The van der Waals surface area contributed by atoms with Crippen molar-refractivity contribution in [2.45, 2.75) is 26.3 Å². The molecule has 5 nitrogen and oxygen atoms in total. The lowest BCUT2D eigenvalue weighted by Crippen LogP contribution is -2.31. The molecule has 106 valence electrons. The molecule has 1 rings (SSSR count). The van der Waals surface area contributed by atoms with Crippen LogP contribution >= 0.6 is 0 Å². The molecule has 1 amide bonds. The number of methoxy groups -OCH3 is 3. The van der Waals surface area contributed by atoms with Crippen LogP contribution < -0.4 is 19.5 Å². The smallest absolute Gasteiger partial charge is 0.224 e. The second-order valence-corrected chi connectivity index (χ2v) is 4.43. The summed E-state index contributed by atoms with van der Waals surface area (Å²) >= 11 is 0. The predicted molar refractivity (Wildman–Crippen MR) is 73.1 cm³/mol. The van der Waals surface area contributed by atoms with Crippen molar-refractivity contribution < 1.29 is 19.0 Å². The molecule has 1 aromatic carbocycles. The first-order chi connectivity index (χ1) is 9.01. The molecule has 0 radical (unpaired) electrons. The first kappa shape index (κ1) is 15.1. The maximum absolute atomic E-state index is 11.8. The van der Waals surface area contributed by atoms with Crippen molar-refractivity contribution in [1.29, 1.82) is 0 Å². The number of carbonyl (C=O) groups excluding carboxylic acids is 1. The van der Waals surface area contributed by atoms with Gasteiger partial charge in [0.05, 0.1) is 27.8 Å². The van der Waals surface area contributed by atoms with E-state index in [1.807, 2.05) is 13.8 Å². The third-order valence-corrected chi connectivity index (χ3v) is 2.54. The second-order valence-electron chi connectivity index (χ2n) is 4.43. The highest BCUT2D eigenvalue weighted by Crippen LogP contribution is 2.38. The zero-order chi connectivity index (χ0) is 14.4. The Morgan fingerprint density at radius 1 is 1.11 bits per heavy atom. The molecule has 0 unspecified atom stereocenters. The molecule has 1 N–H and O–H groups in total. The molecule has 0 atom stereocenters. The number of hydrogen-bond donors (Lipinski definition) is 1. The van der Waals surface area contributed by atoms with E-state index in [-0.39, 0.29) is 18.4 Å². The van der Waals surface area contributed by atoms with Crippen molar-refractivity contribution in [1.82, 2.24) is 5.32 Å². The molecule has 1 aromatic rings. The summed E-state index contributed by atoms with van der Waals surface area (Å²) in [5, 5.41) is 2.84. The molecular weight excluding hydrogens is 246 g/mol. The molecule has 0 spiro atoms. The van der Waals surface area contributed by atoms with Gasteiger partial charge in [-0.25, -0.2) is 0 Å². The highest BCUT2D eigenvalue weighted by molar-refractivity contribution is 5.79. The number of benzene rings is 1. The molecule has 0 saturated heterocycles. The van der Waals surface area contributed by atoms with Crippen LogP contribution in [0.1, 0.15) is 19.4 Å². The predicted octanol–water partition coefficient (Wildman–Crippen LogP) is 1.78. The van der Waals surface area contributed by atoms with Crippen LogP contribution in [0.2, 0.25) is 0 Å². The van der Waals surface area contributed by atoms with Crippen molar-refractivity contribution in [3.05, 3.63) is 17.7 Å². The Kier molecular flexibility index (Phi) is 5.48. The van der Waals surface area contributed by atoms with Crippen LogP contribution in [-0.4, -0.2) is 33.3 Å². The molecule has 0 aliphatic carbocycles. The van der Waals surface area contributed by atoms with Gasteiger partial charge in [-0.1, -0.05) is 0 Å². The molecular formula is C14H21NO4. The first-order valence-corrected chi connectivity index (χ1v) is 6.10. The van der Waals surface area contributed by atoms with E-state index in [2.05, 4.69) is 5.32 Å². The van der Waals surface area contributed by atoms with Gasteiger partial charge in [0.25, 0.3) is 0 Å². The number of nitrogens with one attached hydrogen (secondary N) is 1. The highest BCUT2D eigenvalue weighted by atomic mass is 16.5. The van der Waals surface area contributed by atoms with Gasteiger partial charge in [0.15, 0.2) is 11.5 Å². The standard InChI is InChI=1S/C14H21NO4/c1-9(2)15-13(16)8-10-6-11(17-3)14(19-5)12(7-10)18-4/h6-7,9H,8H2,1-5H3,(H,15,16). The lowest BCUT2D eigenvalue weighted by molar-refractivity contribution is -0.120. The van der Waals surface area contributed by atoms with Gasteiger partial charge in [0, 0.05) is 6.04 Å². The minimum absolute atomic E-state index is 0.0377. The lowest BCUT2D eigenvalue weighted by Gasteiger charge is -2.14. The van der Waals surface area contributed by atoms with Gasteiger partial charge in [0.1, 0.15) is 0 Å². The van der Waals surface area contributed by atoms with Gasteiger partial charge in [0.2, 0.25) is 11.7 Å². The normalized spacial score (nSPS) is 10.2. The summed E-state index contributed by atoms with van der Waals surface area (Å²) in [6.45, 7) is 3.85. The van der Waals surface area contributed by atoms with Crippen LogP contribution in [0.15, 0.2) is 12.1 Å². The molecule has 0 aromatic heterocycles. The van der Waals surface area contributed by atoms with E-state index in [0.29, 0.717) is 17.2 Å². The molecule has 0 heterocycles. The SMILES string of the molecule is COc1cc(CC(=O)NC(C)C)cc(OC)c1OC. The molecule has 5 heteroatoms. The van der Waals surface area contributed by atoms with Gasteiger partial charge in [-0.2, -0.15) is 0 Å². The fourth-order valence-electron chi connectivity index (χ4n) is 1.80. The third-order valence-electron chi connectivity index (χ3n) is 2.54. The summed E-state index contributed by atoms with van der Waals surface area (Å²) in [4.78, 5) is 11.8. The van der Waals surface area contributed by atoms with Crippen LogP contribution in [0.3, 0.4) is 0 Å². The van der Waals surface area contributed by atoms with Gasteiger partial charge in [-0.15, -0.1) is 0 Å². The largest absolute Gasteiger partial charge is 0.493 e. The summed E-state index contributed by atoms with van der Waals surface area (Å²) in [6, 6.07) is 3.68. The van der Waals surface area contributed by atoms with Crippen molar-refractivity contribution in [2.24, 2.45) is 0 Å². The molecule has 0 aliphatic rings. The van der Waals surface area contributed by atoms with Crippen molar-refractivity contribution >= 4 is 5.91 Å². The third kappa shape index (κ3) is 4.05. The van der Waals surface area contributed by atoms with Gasteiger partial charge < -0.3 is 19.5 Å². The van der Waals surface area contributed by atoms with E-state index in [0.717, 1.165) is 5.56 Å². The minimum Gasteiger partial charge on any atom is -0.493 e. The summed E-state index contributed by atoms with van der Waals surface area (Å²) < 4.78 is 15.7. The Hall–Kier alpha value is -1.91. The van der Waals surface area contributed by atoms with Crippen molar-refractivity contribution in [2.75, 3.05) is 21.3 Å². The molecule has 0 bridgehead atoms. The molecule has 0 aliphatic heterocycles. The van der Waals surface area contributed by atoms with Gasteiger partial charge >= 0.3 is 0 Å². The highest BCUT2D eigenvalue weighted by Gasteiger charge is 2.15. The number of ether oxygens (including phenoxy) is 3. The van der Waals surface area contributed by atoms with Crippen LogP contribution in [0.4, 0.5) is 0 Å². The van der Waals surface area contributed by atoms with E-state index in [1.165, 1.54) is 0 Å². The van der Waals surface area contributed by atoms with E-state index in [4.69, 9.17) is 14.2 Å². The average molecular weight is 267 g/mol. The summed E-state index contributed by atoms with van der Waals surface area (Å²) in [5.74, 6) is 1.59. The van der Waals surface area contributed by atoms with Crippen LogP contribution in [0.25, 0.3) is 0 Å². The monoisotopic (exact) mass is 267 g/mol. The second kappa shape index (κ2) is 6.87.